The van der Waals surface area contributed by atoms with Crippen LogP contribution in [0.4, 0.5) is 0 Å². The first kappa shape index (κ1) is 14.5. The van der Waals surface area contributed by atoms with E-state index in [1.807, 2.05) is 26.0 Å². The SMILES string of the molecule is CCOCC(C)OCc1ccc(C#N)c(OC)c1. The fraction of sp³-hybridized carbons (Fsp3) is 0.500. The molecule has 1 rings (SSSR count). The quantitative estimate of drug-likeness (QED) is 0.745. The summed E-state index contributed by atoms with van der Waals surface area (Å²) in [6.45, 7) is 5.69. The van der Waals surface area contributed by atoms with Crippen LogP contribution in [-0.4, -0.2) is 26.4 Å². The van der Waals surface area contributed by atoms with Crippen molar-refractivity contribution in [1.29, 1.82) is 5.26 Å². The van der Waals surface area contributed by atoms with E-state index in [0.717, 1.165) is 5.56 Å². The molecule has 98 valence electrons. The molecular formula is C14H19NO3. The van der Waals surface area contributed by atoms with Crippen molar-refractivity contribution in [2.24, 2.45) is 0 Å². The summed E-state index contributed by atoms with van der Waals surface area (Å²) in [6.07, 6.45) is 0.0478. The number of hydrogen-bond acceptors (Lipinski definition) is 4. The molecule has 0 aliphatic carbocycles. The Labute approximate surface area is 108 Å². The van der Waals surface area contributed by atoms with Gasteiger partial charge >= 0.3 is 0 Å². The minimum absolute atomic E-state index is 0.0478. The van der Waals surface area contributed by atoms with Crippen molar-refractivity contribution in [3.63, 3.8) is 0 Å². The van der Waals surface area contributed by atoms with Crippen LogP contribution in [0.1, 0.15) is 25.0 Å². The van der Waals surface area contributed by atoms with Crippen molar-refractivity contribution in [1.82, 2.24) is 0 Å². The topological polar surface area (TPSA) is 51.5 Å². The van der Waals surface area contributed by atoms with Crippen LogP contribution in [0.2, 0.25) is 0 Å². The summed E-state index contributed by atoms with van der Waals surface area (Å²) >= 11 is 0. The molecule has 0 aromatic heterocycles. The second kappa shape index (κ2) is 7.70. The van der Waals surface area contributed by atoms with Gasteiger partial charge in [0.2, 0.25) is 0 Å². The van der Waals surface area contributed by atoms with Gasteiger partial charge in [-0.05, 0) is 31.5 Å². The zero-order chi connectivity index (χ0) is 13.4. The molecule has 0 radical (unpaired) electrons. The molecule has 0 spiro atoms. The molecule has 1 unspecified atom stereocenters. The maximum absolute atomic E-state index is 8.88. The summed E-state index contributed by atoms with van der Waals surface area (Å²) in [7, 11) is 1.55. The second-order valence-corrected chi connectivity index (χ2v) is 3.93. The normalized spacial score (nSPS) is 11.9. The molecule has 0 saturated heterocycles. The zero-order valence-corrected chi connectivity index (χ0v) is 11.1. The fourth-order valence-electron chi connectivity index (χ4n) is 1.49. The van der Waals surface area contributed by atoms with Crippen molar-refractivity contribution in [2.75, 3.05) is 20.3 Å². The van der Waals surface area contributed by atoms with Crippen LogP contribution in [0.3, 0.4) is 0 Å². The number of nitrogens with zero attached hydrogens (tertiary/aromatic N) is 1. The first-order chi connectivity index (χ1) is 8.71. The Kier molecular flexibility index (Phi) is 6.20. The third-order valence-corrected chi connectivity index (χ3v) is 2.48. The van der Waals surface area contributed by atoms with Gasteiger partial charge in [0.25, 0.3) is 0 Å². The van der Waals surface area contributed by atoms with E-state index in [2.05, 4.69) is 6.07 Å². The van der Waals surface area contributed by atoms with E-state index in [1.165, 1.54) is 0 Å². The van der Waals surface area contributed by atoms with E-state index >= 15 is 0 Å². The molecule has 4 nitrogen and oxygen atoms in total. The van der Waals surface area contributed by atoms with Gasteiger partial charge in [0.1, 0.15) is 11.8 Å². The molecule has 0 N–H and O–H groups in total. The lowest BCUT2D eigenvalue weighted by Crippen LogP contribution is -2.15. The second-order valence-electron chi connectivity index (χ2n) is 3.93. The molecule has 1 aromatic rings. The van der Waals surface area contributed by atoms with Gasteiger partial charge in [0.15, 0.2) is 0 Å². The van der Waals surface area contributed by atoms with Crippen LogP contribution in [0.25, 0.3) is 0 Å². The molecule has 1 aromatic carbocycles. The largest absolute Gasteiger partial charge is 0.495 e. The van der Waals surface area contributed by atoms with Gasteiger partial charge in [-0.2, -0.15) is 5.26 Å². The third kappa shape index (κ3) is 4.36. The van der Waals surface area contributed by atoms with E-state index in [1.54, 1.807) is 13.2 Å². The van der Waals surface area contributed by atoms with Gasteiger partial charge in [-0.25, -0.2) is 0 Å². The summed E-state index contributed by atoms with van der Waals surface area (Å²) in [4.78, 5) is 0. The van der Waals surface area contributed by atoms with Gasteiger partial charge in [-0.15, -0.1) is 0 Å². The van der Waals surface area contributed by atoms with Crippen molar-refractivity contribution in [2.45, 2.75) is 26.6 Å². The van der Waals surface area contributed by atoms with Gasteiger partial charge in [-0.1, -0.05) is 6.07 Å². The molecule has 1 atom stereocenters. The van der Waals surface area contributed by atoms with Crippen molar-refractivity contribution in [3.05, 3.63) is 29.3 Å². The third-order valence-electron chi connectivity index (χ3n) is 2.48. The molecular weight excluding hydrogens is 230 g/mol. The van der Waals surface area contributed by atoms with E-state index in [-0.39, 0.29) is 6.10 Å². The standard InChI is InChI=1S/C14H19NO3/c1-4-17-9-11(2)18-10-12-5-6-13(8-15)14(7-12)16-3/h5-7,11H,4,9-10H2,1-3H3. The molecule has 0 saturated carbocycles. The maximum atomic E-state index is 8.88. The molecule has 4 heteroatoms. The van der Waals surface area contributed by atoms with E-state index in [9.17, 15) is 0 Å². The summed E-state index contributed by atoms with van der Waals surface area (Å²) in [6, 6.07) is 7.52. The molecule has 0 fully saturated rings. The lowest BCUT2D eigenvalue weighted by molar-refractivity contribution is -0.0117. The van der Waals surface area contributed by atoms with E-state index in [0.29, 0.717) is 31.1 Å². The van der Waals surface area contributed by atoms with Crippen LogP contribution in [-0.2, 0) is 16.1 Å². The van der Waals surface area contributed by atoms with Crippen LogP contribution in [0.5, 0.6) is 5.75 Å². The Morgan fingerprint density at radius 2 is 2.17 bits per heavy atom. The number of hydrogen-bond donors (Lipinski definition) is 0. The highest BCUT2D eigenvalue weighted by Gasteiger charge is 2.06. The first-order valence-corrected chi connectivity index (χ1v) is 5.97. The highest BCUT2D eigenvalue weighted by atomic mass is 16.5. The van der Waals surface area contributed by atoms with Crippen LogP contribution in [0.15, 0.2) is 18.2 Å². The van der Waals surface area contributed by atoms with Gasteiger partial charge < -0.3 is 14.2 Å². The van der Waals surface area contributed by atoms with Crippen LogP contribution in [0, 0.1) is 11.3 Å². The Hall–Kier alpha value is -1.57. The Balaban J connectivity index is 2.55. The highest BCUT2D eigenvalue weighted by Crippen LogP contribution is 2.19. The molecule has 0 bridgehead atoms. The summed E-state index contributed by atoms with van der Waals surface area (Å²) in [5.41, 5.74) is 1.51. The minimum atomic E-state index is 0.0478. The van der Waals surface area contributed by atoms with Crippen LogP contribution >= 0.6 is 0 Å². The first-order valence-electron chi connectivity index (χ1n) is 5.97. The Morgan fingerprint density at radius 3 is 2.78 bits per heavy atom. The fourth-order valence-corrected chi connectivity index (χ4v) is 1.49. The summed E-state index contributed by atoms with van der Waals surface area (Å²) in [5.74, 6) is 0.580. The molecule has 18 heavy (non-hydrogen) atoms. The van der Waals surface area contributed by atoms with Crippen LogP contribution < -0.4 is 4.74 Å². The molecule has 0 amide bonds. The molecule has 0 heterocycles. The minimum Gasteiger partial charge on any atom is -0.495 e. The average molecular weight is 249 g/mol. The number of benzene rings is 1. The predicted molar refractivity (Wildman–Crippen MR) is 68.5 cm³/mol. The van der Waals surface area contributed by atoms with E-state index in [4.69, 9.17) is 19.5 Å². The smallest absolute Gasteiger partial charge is 0.136 e. The Bertz CT molecular complexity index is 412. The van der Waals surface area contributed by atoms with Gasteiger partial charge in [-0.3, -0.25) is 0 Å². The maximum Gasteiger partial charge on any atom is 0.136 e. The number of methoxy groups -OCH3 is 1. The van der Waals surface area contributed by atoms with Gasteiger partial charge in [0, 0.05) is 6.61 Å². The Morgan fingerprint density at radius 1 is 1.39 bits per heavy atom. The zero-order valence-electron chi connectivity index (χ0n) is 11.1. The average Bonchev–Trinajstić information content (AvgIpc) is 2.42. The summed E-state index contributed by atoms with van der Waals surface area (Å²) in [5, 5.41) is 8.88. The molecule has 0 aliphatic rings. The van der Waals surface area contributed by atoms with Crippen molar-refractivity contribution >= 4 is 0 Å². The van der Waals surface area contributed by atoms with Gasteiger partial charge in [0.05, 0.1) is 32.0 Å². The van der Waals surface area contributed by atoms with E-state index < -0.39 is 0 Å². The van der Waals surface area contributed by atoms with Crippen molar-refractivity contribution < 1.29 is 14.2 Å². The predicted octanol–water partition coefficient (Wildman–Crippen LogP) is 2.51. The lowest BCUT2D eigenvalue weighted by atomic mass is 10.1. The molecule has 0 aliphatic heterocycles. The summed E-state index contributed by atoms with van der Waals surface area (Å²) < 4.78 is 16.1. The lowest BCUT2D eigenvalue weighted by Gasteiger charge is -2.13. The highest BCUT2D eigenvalue weighted by molar-refractivity contribution is 5.45. The monoisotopic (exact) mass is 249 g/mol. The number of rotatable bonds is 7. The number of ether oxygens (including phenoxy) is 3. The van der Waals surface area contributed by atoms with Crippen molar-refractivity contribution in [3.8, 4) is 11.8 Å². The number of nitriles is 1.